The Hall–Kier alpha value is -1.64. The second-order valence-electron chi connectivity index (χ2n) is 2.47. The highest BCUT2D eigenvalue weighted by Crippen LogP contribution is 2.04. The molecule has 2 aromatic heterocycles. The molecule has 0 saturated heterocycles. The zero-order valence-corrected chi connectivity index (χ0v) is 6.73. The molecule has 12 heavy (non-hydrogen) atoms. The number of aromatic nitrogens is 3. The summed E-state index contributed by atoms with van der Waals surface area (Å²) in [7, 11) is 0. The van der Waals surface area contributed by atoms with Crippen LogP contribution < -0.4 is 0 Å². The molecule has 0 spiro atoms. The van der Waals surface area contributed by atoms with Crippen molar-refractivity contribution in [2.24, 2.45) is 0 Å². The van der Waals surface area contributed by atoms with Crippen molar-refractivity contribution >= 4 is 0 Å². The smallest absolute Gasteiger partial charge is 0.138 e. The Kier molecular flexibility index (Phi) is 1.63. The van der Waals surface area contributed by atoms with Crippen LogP contribution in [-0.4, -0.2) is 14.5 Å². The van der Waals surface area contributed by atoms with E-state index in [4.69, 9.17) is 0 Å². The number of imidazole rings is 1. The molecule has 0 fully saturated rings. The van der Waals surface area contributed by atoms with Gasteiger partial charge in [-0.05, 0) is 19.1 Å². The van der Waals surface area contributed by atoms with Gasteiger partial charge in [0.05, 0.1) is 6.20 Å². The first-order chi connectivity index (χ1) is 5.88. The largest absolute Gasteiger partial charge is 0.288 e. The van der Waals surface area contributed by atoms with Crippen LogP contribution >= 0.6 is 0 Å². The molecule has 0 aromatic carbocycles. The van der Waals surface area contributed by atoms with Crippen molar-refractivity contribution in [2.75, 3.05) is 0 Å². The van der Waals surface area contributed by atoms with E-state index in [9.17, 15) is 0 Å². The van der Waals surface area contributed by atoms with Crippen LogP contribution in [0.4, 0.5) is 0 Å². The molecule has 0 unspecified atom stereocenters. The van der Waals surface area contributed by atoms with Gasteiger partial charge < -0.3 is 0 Å². The fourth-order valence-corrected chi connectivity index (χ4v) is 1.07. The van der Waals surface area contributed by atoms with Crippen LogP contribution in [0.5, 0.6) is 0 Å². The van der Waals surface area contributed by atoms with Crippen molar-refractivity contribution in [3.05, 3.63) is 42.6 Å². The molecule has 0 N–H and O–H groups in total. The van der Waals surface area contributed by atoms with E-state index in [0.717, 1.165) is 11.6 Å². The number of hydrogen-bond acceptors (Lipinski definition) is 2. The van der Waals surface area contributed by atoms with Gasteiger partial charge in [-0.3, -0.25) is 4.57 Å². The van der Waals surface area contributed by atoms with Crippen molar-refractivity contribution in [1.29, 1.82) is 0 Å². The van der Waals surface area contributed by atoms with E-state index in [0.29, 0.717) is 0 Å². The number of nitrogens with zero attached hydrogens (tertiary/aromatic N) is 3. The fourth-order valence-electron chi connectivity index (χ4n) is 1.07. The van der Waals surface area contributed by atoms with Gasteiger partial charge in [-0.1, -0.05) is 6.07 Å². The number of hydrogen-bond donors (Lipinski definition) is 0. The molecule has 2 aromatic rings. The SMILES string of the molecule is Cc1nccn1-c1ccc[c]n1. The summed E-state index contributed by atoms with van der Waals surface area (Å²) in [5.41, 5.74) is 0. The lowest BCUT2D eigenvalue weighted by Gasteiger charge is -2.00. The molecule has 2 heterocycles. The lowest BCUT2D eigenvalue weighted by atomic mass is 10.4. The molecule has 0 atom stereocenters. The summed E-state index contributed by atoms with van der Waals surface area (Å²) in [6, 6.07) is 5.60. The second kappa shape index (κ2) is 2.77. The van der Waals surface area contributed by atoms with Gasteiger partial charge in [0.1, 0.15) is 11.6 Å². The van der Waals surface area contributed by atoms with Gasteiger partial charge in [-0.25, -0.2) is 9.97 Å². The van der Waals surface area contributed by atoms with E-state index in [1.165, 1.54) is 0 Å². The molecule has 1 radical (unpaired) electrons. The standard InChI is InChI=1S/C9H8N3/c1-8-10-6-7-12(8)9-4-2-3-5-11-9/h2-4,6-7H,1H3. The van der Waals surface area contributed by atoms with Gasteiger partial charge in [0.2, 0.25) is 0 Å². The van der Waals surface area contributed by atoms with Crippen LogP contribution in [0, 0.1) is 13.1 Å². The summed E-state index contributed by atoms with van der Waals surface area (Å²) in [6.07, 6.45) is 6.41. The number of aryl methyl sites for hydroxylation is 1. The van der Waals surface area contributed by atoms with Crippen molar-refractivity contribution in [3.8, 4) is 5.82 Å². The third-order valence-corrected chi connectivity index (χ3v) is 1.67. The van der Waals surface area contributed by atoms with Gasteiger partial charge in [0.25, 0.3) is 0 Å². The third kappa shape index (κ3) is 1.09. The minimum absolute atomic E-state index is 0.854. The first-order valence-corrected chi connectivity index (χ1v) is 3.71. The average Bonchev–Trinajstić information content (AvgIpc) is 2.53. The number of rotatable bonds is 1. The summed E-state index contributed by atoms with van der Waals surface area (Å²) in [4.78, 5) is 8.18. The summed E-state index contributed by atoms with van der Waals surface area (Å²) in [6.45, 7) is 1.94. The third-order valence-electron chi connectivity index (χ3n) is 1.67. The van der Waals surface area contributed by atoms with Gasteiger partial charge in [-0.2, -0.15) is 0 Å². The maximum Gasteiger partial charge on any atom is 0.138 e. The van der Waals surface area contributed by atoms with Crippen molar-refractivity contribution < 1.29 is 0 Å². The fraction of sp³-hybridized carbons (Fsp3) is 0.111. The predicted molar refractivity (Wildman–Crippen MR) is 44.9 cm³/mol. The Morgan fingerprint density at radius 1 is 1.50 bits per heavy atom. The molecule has 3 nitrogen and oxygen atoms in total. The average molecular weight is 158 g/mol. The Labute approximate surface area is 70.7 Å². The molecule has 0 aliphatic heterocycles. The summed E-state index contributed by atoms with van der Waals surface area (Å²) in [5, 5.41) is 0. The molecule has 0 bridgehead atoms. The predicted octanol–water partition coefficient (Wildman–Crippen LogP) is 1.38. The zero-order chi connectivity index (χ0) is 8.39. The highest BCUT2D eigenvalue weighted by molar-refractivity contribution is 5.22. The van der Waals surface area contributed by atoms with Crippen molar-refractivity contribution in [2.45, 2.75) is 6.92 Å². The van der Waals surface area contributed by atoms with Crippen LogP contribution in [0.15, 0.2) is 30.6 Å². The van der Waals surface area contributed by atoms with Gasteiger partial charge in [0, 0.05) is 12.4 Å². The summed E-state index contributed by atoms with van der Waals surface area (Å²) >= 11 is 0. The van der Waals surface area contributed by atoms with Gasteiger partial charge in [-0.15, -0.1) is 0 Å². The molecule has 0 saturated carbocycles. The number of pyridine rings is 1. The first-order valence-electron chi connectivity index (χ1n) is 3.71. The van der Waals surface area contributed by atoms with E-state index in [1.54, 1.807) is 12.3 Å². The Balaban J connectivity index is 2.51. The van der Waals surface area contributed by atoms with Gasteiger partial charge >= 0.3 is 0 Å². The van der Waals surface area contributed by atoms with Crippen LogP contribution in [0.25, 0.3) is 5.82 Å². The van der Waals surface area contributed by atoms with Gasteiger partial charge in [0.15, 0.2) is 0 Å². The van der Waals surface area contributed by atoms with Crippen LogP contribution in [0.2, 0.25) is 0 Å². The van der Waals surface area contributed by atoms with E-state index in [1.807, 2.05) is 29.8 Å². The molecule has 2 rings (SSSR count). The lowest BCUT2D eigenvalue weighted by Crippen LogP contribution is -1.97. The highest BCUT2D eigenvalue weighted by atomic mass is 15.1. The van der Waals surface area contributed by atoms with E-state index < -0.39 is 0 Å². The molecule has 59 valence electrons. The monoisotopic (exact) mass is 158 g/mol. The highest BCUT2D eigenvalue weighted by Gasteiger charge is 1.98. The van der Waals surface area contributed by atoms with Crippen molar-refractivity contribution in [1.82, 2.24) is 14.5 Å². The van der Waals surface area contributed by atoms with Crippen LogP contribution in [0.1, 0.15) is 5.82 Å². The molecular weight excluding hydrogens is 150 g/mol. The molecular formula is C9H8N3. The molecule has 0 aliphatic rings. The molecule has 0 aliphatic carbocycles. The molecule has 0 amide bonds. The zero-order valence-electron chi connectivity index (χ0n) is 6.73. The molecule has 3 heteroatoms. The van der Waals surface area contributed by atoms with Crippen LogP contribution in [-0.2, 0) is 0 Å². The summed E-state index contributed by atoms with van der Waals surface area (Å²) < 4.78 is 1.91. The first kappa shape index (κ1) is 7.03. The maximum atomic E-state index is 4.10. The normalized spacial score (nSPS) is 10.1. The minimum Gasteiger partial charge on any atom is -0.288 e. The van der Waals surface area contributed by atoms with Crippen LogP contribution in [0.3, 0.4) is 0 Å². The lowest BCUT2D eigenvalue weighted by molar-refractivity contribution is 0.931. The van der Waals surface area contributed by atoms with E-state index >= 15 is 0 Å². The maximum absolute atomic E-state index is 4.10. The summed E-state index contributed by atoms with van der Waals surface area (Å²) in [5.74, 6) is 1.79. The van der Waals surface area contributed by atoms with E-state index in [2.05, 4.69) is 16.2 Å². The topological polar surface area (TPSA) is 30.7 Å². The quantitative estimate of drug-likeness (QED) is 0.627. The Morgan fingerprint density at radius 3 is 3.00 bits per heavy atom. The Morgan fingerprint density at radius 2 is 2.42 bits per heavy atom. The second-order valence-corrected chi connectivity index (χ2v) is 2.47. The van der Waals surface area contributed by atoms with Crippen molar-refractivity contribution in [3.63, 3.8) is 0 Å². The van der Waals surface area contributed by atoms with E-state index in [-0.39, 0.29) is 0 Å². The Bertz CT molecular complexity index is 364. The minimum atomic E-state index is 0.854.